The molecule has 2 nitrogen and oxygen atoms in total. The summed E-state index contributed by atoms with van der Waals surface area (Å²) in [6.45, 7) is 2.26. The fourth-order valence-electron chi connectivity index (χ4n) is 2.35. The largest absolute Gasteiger partial charge is 0.481 e. The monoisotopic (exact) mass is 580 g/mol. The molecule has 22 heavy (non-hydrogen) atoms. The molecule has 0 rings (SSSR count). The fourth-order valence-corrected chi connectivity index (χ4v) is 2.35. The molecule has 0 aromatic heterocycles. The average Bonchev–Trinajstić information content (AvgIpc) is 2.43. The molecule has 0 heterocycles. The van der Waals surface area contributed by atoms with Gasteiger partial charge in [0.25, 0.3) is 0 Å². The Morgan fingerprint density at radius 1 is 0.773 bits per heavy atom. The van der Waals surface area contributed by atoms with Gasteiger partial charge in [-0.2, -0.15) is 0 Å². The first-order chi connectivity index (χ1) is 9.77. The van der Waals surface area contributed by atoms with Gasteiger partial charge in [0, 0.05) is 88.1 Å². The molecule has 0 aromatic carbocycles. The Morgan fingerprint density at radius 2 is 1.18 bits per heavy atom. The van der Waals surface area contributed by atoms with Crippen LogP contribution in [0.25, 0.3) is 0 Å². The first-order valence-electron chi connectivity index (χ1n) is 8.64. The van der Waals surface area contributed by atoms with Gasteiger partial charge in [-0.3, -0.25) is 4.79 Å². The van der Waals surface area contributed by atoms with Gasteiger partial charge < -0.3 is 5.11 Å². The molecular formula is C18H34CeGdO2. The van der Waals surface area contributed by atoms with E-state index in [1.165, 1.54) is 70.6 Å². The second-order valence-electron chi connectivity index (χ2n) is 5.73. The molecule has 0 aliphatic heterocycles. The van der Waals surface area contributed by atoms with Crippen molar-refractivity contribution < 1.29 is 91.6 Å². The number of hydrogen-bond acceptors (Lipinski definition) is 1. The molecule has 0 fully saturated rings. The quantitative estimate of drug-likeness (QED) is 0.188. The number of hydrogen-bond donors (Lipinski definition) is 1. The van der Waals surface area contributed by atoms with Crippen molar-refractivity contribution in [1.82, 2.24) is 0 Å². The third kappa shape index (κ3) is 26.8. The van der Waals surface area contributed by atoms with E-state index < -0.39 is 5.97 Å². The zero-order chi connectivity index (χ0) is 14.9. The Kier molecular flexibility index (Phi) is 32.8. The summed E-state index contributed by atoms with van der Waals surface area (Å²) in [6.07, 6.45) is 21.2. The number of aliphatic carboxylic acids is 1. The van der Waals surface area contributed by atoms with Crippen molar-refractivity contribution in [2.24, 2.45) is 0 Å². The predicted octanol–water partition coefficient (Wildman–Crippen LogP) is 6.11. The molecule has 0 radical (unpaired) electrons. The van der Waals surface area contributed by atoms with Gasteiger partial charge in [0.2, 0.25) is 0 Å². The normalized spacial score (nSPS) is 10.2. The summed E-state index contributed by atoms with van der Waals surface area (Å²) >= 11 is 0. The average molecular weight is 580 g/mol. The van der Waals surface area contributed by atoms with Crippen LogP contribution in [0.2, 0.25) is 0 Å². The van der Waals surface area contributed by atoms with Gasteiger partial charge >= 0.3 is 5.97 Å². The molecule has 0 atom stereocenters. The van der Waals surface area contributed by atoms with Crippen LogP contribution in [0.5, 0.6) is 0 Å². The maximum Gasteiger partial charge on any atom is 0.303 e. The minimum absolute atomic E-state index is 0. The zero-order valence-corrected chi connectivity index (χ0v) is 19.7. The standard InChI is InChI=1S/C18H34O2.Ce.Gd/c1-2-3-4-5-6-7-8-9-10-11-12-13-14-15-16-17-18(19)20;;/h9-10H,2-8,11-17H2,1H3,(H,19,20);;/b10-9-;;. The number of carbonyl (C=O) groups is 1. The van der Waals surface area contributed by atoms with E-state index in [-0.39, 0.29) is 81.7 Å². The molecule has 0 saturated heterocycles. The van der Waals surface area contributed by atoms with Crippen molar-refractivity contribution in [2.45, 2.75) is 96.8 Å². The molecule has 0 spiro atoms. The van der Waals surface area contributed by atoms with Crippen molar-refractivity contribution in [3.8, 4) is 0 Å². The van der Waals surface area contributed by atoms with Gasteiger partial charge in [-0.05, 0) is 32.1 Å². The number of unbranched alkanes of at least 4 members (excludes halogenated alkanes) is 11. The van der Waals surface area contributed by atoms with Crippen LogP contribution < -0.4 is 0 Å². The number of carboxylic acid groups (broad SMARTS) is 1. The second-order valence-corrected chi connectivity index (χ2v) is 5.73. The number of rotatable bonds is 15. The zero-order valence-electron chi connectivity index (χ0n) is 14.3. The summed E-state index contributed by atoms with van der Waals surface area (Å²) in [5.74, 6) is -0.664. The van der Waals surface area contributed by atoms with E-state index >= 15 is 0 Å². The van der Waals surface area contributed by atoms with Crippen LogP contribution in [0.4, 0.5) is 0 Å². The molecule has 130 valence electrons. The summed E-state index contributed by atoms with van der Waals surface area (Å²) in [7, 11) is 0. The minimum atomic E-state index is -0.664. The summed E-state index contributed by atoms with van der Waals surface area (Å²) in [5.41, 5.74) is 0. The second kappa shape index (κ2) is 25.2. The molecule has 0 aliphatic rings. The Hall–Kier alpha value is 1.91. The van der Waals surface area contributed by atoms with Crippen LogP contribution in [0.15, 0.2) is 12.2 Å². The topological polar surface area (TPSA) is 37.3 Å². The van der Waals surface area contributed by atoms with Crippen LogP contribution in [0.1, 0.15) is 96.8 Å². The van der Waals surface area contributed by atoms with Crippen LogP contribution in [-0.4, -0.2) is 11.1 Å². The van der Waals surface area contributed by atoms with Gasteiger partial charge in [0.15, 0.2) is 0 Å². The Morgan fingerprint density at radius 3 is 1.64 bits per heavy atom. The van der Waals surface area contributed by atoms with Crippen LogP contribution in [0.3, 0.4) is 0 Å². The fraction of sp³-hybridized carbons (Fsp3) is 0.833. The molecule has 1 N–H and O–H groups in total. The van der Waals surface area contributed by atoms with Gasteiger partial charge in [-0.25, -0.2) is 0 Å². The summed E-state index contributed by atoms with van der Waals surface area (Å²) in [5, 5.41) is 8.51. The molecule has 0 amide bonds. The van der Waals surface area contributed by atoms with Crippen LogP contribution in [0, 0.1) is 81.7 Å². The van der Waals surface area contributed by atoms with E-state index in [0.29, 0.717) is 6.42 Å². The molecule has 0 bridgehead atoms. The van der Waals surface area contributed by atoms with Gasteiger partial charge in [-0.15, -0.1) is 0 Å². The van der Waals surface area contributed by atoms with Crippen molar-refractivity contribution >= 4 is 5.97 Å². The van der Waals surface area contributed by atoms with Crippen LogP contribution in [-0.2, 0) is 4.79 Å². The molecule has 0 aliphatic carbocycles. The molecule has 0 unspecified atom stereocenters. The number of allylic oxidation sites excluding steroid dienone is 2. The van der Waals surface area contributed by atoms with E-state index in [1.54, 1.807) is 0 Å². The van der Waals surface area contributed by atoms with E-state index in [2.05, 4.69) is 19.1 Å². The molecular weight excluding hydrogens is 546 g/mol. The van der Waals surface area contributed by atoms with Crippen molar-refractivity contribution in [2.75, 3.05) is 0 Å². The Balaban J connectivity index is -0.00000180. The SMILES string of the molecule is CCCCCCCC/C=C\CCCCCCCC(=O)O.[Ce].[Gd]. The van der Waals surface area contributed by atoms with Gasteiger partial charge in [0.05, 0.1) is 0 Å². The van der Waals surface area contributed by atoms with E-state index in [4.69, 9.17) is 5.11 Å². The minimum Gasteiger partial charge on any atom is -0.481 e. The van der Waals surface area contributed by atoms with Crippen molar-refractivity contribution in [3.05, 3.63) is 12.2 Å². The third-order valence-electron chi connectivity index (χ3n) is 3.65. The summed E-state index contributed by atoms with van der Waals surface area (Å²) in [6, 6.07) is 0. The van der Waals surface area contributed by atoms with Gasteiger partial charge in [-0.1, -0.05) is 70.4 Å². The maximum absolute atomic E-state index is 10.3. The maximum atomic E-state index is 10.3. The third-order valence-corrected chi connectivity index (χ3v) is 3.65. The van der Waals surface area contributed by atoms with Gasteiger partial charge in [0.1, 0.15) is 0 Å². The summed E-state index contributed by atoms with van der Waals surface area (Å²) in [4.78, 5) is 10.3. The Bertz CT molecular complexity index is 245. The molecule has 0 aromatic rings. The van der Waals surface area contributed by atoms with E-state index in [0.717, 1.165) is 12.8 Å². The smallest absolute Gasteiger partial charge is 0.303 e. The van der Waals surface area contributed by atoms with Crippen molar-refractivity contribution in [1.29, 1.82) is 0 Å². The van der Waals surface area contributed by atoms with E-state index in [1.807, 2.05) is 0 Å². The molecule has 4 heteroatoms. The first-order valence-corrected chi connectivity index (χ1v) is 8.64. The van der Waals surface area contributed by atoms with E-state index in [9.17, 15) is 4.79 Å². The first kappa shape index (κ1) is 28.7. The molecule has 0 saturated carbocycles. The van der Waals surface area contributed by atoms with Crippen molar-refractivity contribution in [3.63, 3.8) is 0 Å². The number of carboxylic acids is 1. The predicted molar refractivity (Wildman–Crippen MR) is 87.1 cm³/mol. The Labute approximate surface area is 203 Å². The van der Waals surface area contributed by atoms with Crippen LogP contribution >= 0.6 is 0 Å². The summed E-state index contributed by atoms with van der Waals surface area (Å²) < 4.78 is 0.